The molecule has 3 rings (SSSR count). The Bertz CT molecular complexity index is 528. The van der Waals surface area contributed by atoms with Gasteiger partial charge in [-0.25, -0.2) is 0 Å². The summed E-state index contributed by atoms with van der Waals surface area (Å²) in [5, 5.41) is 13.5. The van der Waals surface area contributed by atoms with Crippen LogP contribution < -0.4 is 5.73 Å². The smallest absolute Gasteiger partial charge is 0.256 e. The molecule has 0 aliphatic heterocycles. The van der Waals surface area contributed by atoms with Crippen LogP contribution in [0.25, 0.3) is 0 Å². The Labute approximate surface area is 105 Å². The van der Waals surface area contributed by atoms with Gasteiger partial charge in [0.05, 0.1) is 0 Å². The molecule has 0 fully saturated rings. The number of hydrogen-bond donors (Lipinski definition) is 2. The largest absolute Gasteiger partial charge is 0.382 e. The number of nitrogens with two attached hydrogens (primary N) is 1. The van der Waals surface area contributed by atoms with Crippen molar-refractivity contribution in [1.82, 2.24) is 10.1 Å². The molecule has 0 amide bonds. The van der Waals surface area contributed by atoms with E-state index in [1.165, 1.54) is 11.1 Å². The van der Waals surface area contributed by atoms with Crippen LogP contribution >= 0.6 is 0 Å². The number of nitrogens with zero attached hydrogens (tertiary/aromatic N) is 2. The Morgan fingerprint density at radius 1 is 1.33 bits per heavy atom. The minimum absolute atomic E-state index is 0.0898. The van der Waals surface area contributed by atoms with Crippen LogP contribution in [0.15, 0.2) is 28.8 Å². The maximum Gasteiger partial charge on any atom is 0.256 e. The van der Waals surface area contributed by atoms with E-state index in [1.54, 1.807) is 0 Å². The Morgan fingerprint density at radius 2 is 2.00 bits per heavy atom. The van der Waals surface area contributed by atoms with E-state index >= 15 is 0 Å². The van der Waals surface area contributed by atoms with E-state index in [1.807, 2.05) is 12.1 Å². The third-order valence-corrected chi connectivity index (χ3v) is 3.38. The van der Waals surface area contributed by atoms with E-state index in [-0.39, 0.29) is 18.4 Å². The number of aromatic nitrogens is 2. The van der Waals surface area contributed by atoms with Crippen LogP contribution in [0.5, 0.6) is 0 Å². The van der Waals surface area contributed by atoms with Crippen molar-refractivity contribution in [1.29, 1.82) is 0 Å². The number of rotatable bonds is 3. The average Bonchev–Trinajstić information content (AvgIpc) is 3.03. The minimum Gasteiger partial charge on any atom is -0.382 e. The van der Waals surface area contributed by atoms with Crippen molar-refractivity contribution in [2.75, 3.05) is 6.54 Å². The van der Waals surface area contributed by atoms with E-state index in [0.717, 1.165) is 12.8 Å². The molecule has 3 N–H and O–H groups in total. The topological polar surface area (TPSA) is 85.2 Å². The quantitative estimate of drug-likeness (QED) is 0.840. The lowest BCUT2D eigenvalue weighted by Gasteiger charge is -2.01. The number of aliphatic hydroxyl groups excluding tert-OH is 1. The van der Waals surface area contributed by atoms with Crippen LogP contribution in [0, 0.1) is 0 Å². The average molecular weight is 245 g/mol. The van der Waals surface area contributed by atoms with Crippen LogP contribution in [0.4, 0.5) is 0 Å². The molecule has 18 heavy (non-hydrogen) atoms. The maximum absolute atomic E-state index is 9.54. The highest BCUT2D eigenvalue weighted by Crippen LogP contribution is 2.32. The monoisotopic (exact) mass is 245 g/mol. The summed E-state index contributed by atoms with van der Waals surface area (Å²) in [5.41, 5.74) is 8.04. The zero-order valence-electron chi connectivity index (χ0n) is 9.91. The first-order chi connectivity index (χ1) is 8.78. The second kappa shape index (κ2) is 4.51. The first kappa shape index (κ1) is 11.4. The molecule has 1 heterocycles. The summed E-state index contributed by atoms with van der Waals surface area (Å²) in [7, 11) is 0. The Hall–Kier alpha value is -1.72. The Morgan fingerprint density at radius 3 is 2.61 bits per heavy atom. The molecule has 5 heteroatoms. The van der Waals surface area contributed by atoms with Crippen LogP contribution in [0.1, 0.15) is 34.9 Å². The van der Waals surface area contributed by atoms with Gasteiger partial charge in [0, 0.05) is 12.5 Å². The minimum atomic E-state index is -0.866. The number of fused-ring (bicyclic) bond motifs is 1. The maximum atomic E-state index is 9.54. The summed E-state index contributed by atoms with van der Waals surface area (Å²) in [5.74, 6) is 1.11. The lowest BCUT2D eigenvalue weighted by Crippen LogP contribution is -2.12. The molecule has 1 aromatic carbocycles. The van der Waals surface area contributed by atoms with Gasteiger partial charge < -0.3 is 15.4 Å². The van der Waals surface area contributed by atoms with Crippen LogP contribution in [-0.4, -0.2) is 21.8 Å². The molecule has 0 bridgehead atoms. The predicted octanol–water partition coefficient (Wildman–Crippen LogP) is 0.944. The summed E-state index contributed by atoms with van der Waals surface area (Å²) in [6.45, 7) is 0.0898. The van der Waals surface area contributed by atoms with Gasteiger partial charge in [0.2, 0.25) is 0 Å². The van der Waals surface area contributed by atoms with Gasteiger partial charge in [-0.2, -0.15) is 4.98 Å². The third kappa shape index (κ3) is 1.91. The van der Waals surface area contributed by atoms with Crippen molar-refractivity contribution >= 4 is 0 Å². The van der Waals surface area contributed by atoms with Crippen LogP contribution in [0.2, 0.25) is 0 Å². The first-order valence-corrected chi connectivity index (χ1v) is 6.06. The van der Waals surface area contributed by atoms with Gasteiger partial charge in [-0.1, -0.05) is 29.4 Å². The van der Waals surface area contributed by atoms with E-state index in [2.05, 4.69) is 22.3 Å². The third-order valence-electron chi connectivity index (χ3n) is 3.38. The van der Waals surface area contributed by atoms with Crippen molar-refractivity contribution in [3.05, 3.63) is 47.1 Å². The molecule has 0 saturated heterocycles. The Kier molecular flexibility index (Phi) is 2.85. The predicted molar refractivity (Wildman–Crippen MR) is 64.9 cm³/mol. The fourth-order valence-corrected chi connectivity index (χ4v) is 2.39. The summed E-state index contributed by atoms with van der Waals surface area (Å²) >= 11 is 0. The molecule has 1 aliphatic rings. The molecular formula is C13H15N3O2. The summed E-state index contributed by atoms with van der Waals surface area (Å²) in [6, 6.07) is 8.35. The van der Waals surface area contributed by atoms with Crippen molar-refractivity contribution in [2.24, 2.45) is 5.73 Å². The van der Waals surface area contributed by atoms with Crippen molar-refractivity contribution < 1.29 is 9.63 Å². The number of aliphatic hydroxyl groups is 1. The molecule has 1 aliphatic carbocycles. The van der Waals surface area contributed by atoms with Crippen LogP contribution in [0.3, 0.4) is 0 Å². The lowest BCUT2D eigenvalue weighted by molar-refractivity contribution is 0.141. The fraction of sp³-hybridized carbons (Fsp3) is 0.385. The normalized spacial score (nSPS) is 16.8. The summed E-state index contributed by atoms with van der Waals surface area (Å²) < 4.78 is 5.04. The van der Waals surface area contributed by atoms with Gasteiger partial charge in [0.1, 0.15) is 6.10 Å². The lowest BCUT2D eigenvalue weighted by atomic mass is 10.1. The van der Waals surface area contributed by atoms with Crippen LogP contribution in [-0.2, 0) is 12.8 Å². The first-order valence-electron chi connectivity index (χ1n) is 6.06. The highest BCUT2D eigenvalue weighted by atomic mass is 16.5. The molecule has 0 spiro atoms. The molecule has 0 radical (unpaired) electrons. The standard InChI is InChI=1S/C13H15N3O2/c14-7-11(17)13-15-12(16-18-13)10-5-8-3-1-2-4-9(8)6-10/h1-4,10-11,17H,5-7,14H2/t11-/m0/s1. The molecule has 94 valence electrons. The van der Waals surface area contributed by atoms with E-state index in [0.29, 0.717) is 5.82 Å². The Balaban J connectivity index is 1.80. The fourth-order valence-electron chi connectivity index (χ4n) is 2.39. The van der Waals surface area contributed by atoms with Gasteiger partial charge in [0.15, 0.2) is 5.82 Å². The van der Waals surface area contributed by atoms with Gasteiger partial charge in [-0.05, 0) is 24.0 Å². The summed E-state index contributed by atoms with van der Waals surface area (Å²) in [6.07, 6.45) is 0.983. The van der Waals surface area contributed by atoms with Gasteiger partial charge in [0.25, 0.3) is 5.89 Å². The van der Waals surface area contributed by atoms with E-state index < -0.39 is 6.10 Å². The van der Waals surface area contributed by atoms with Crippen molar-refractivity contribution in [2.45, 2.75) is 24.9 Å². The molecule has 0 unspecified atom stereocenters. The highest BCUT2D eigenvalue weighted by molar-refractivity contribution is 5.34. The SMILES string of the molecule is NC[C@H](O)c1nc(C2Cc3ccccc3C2)no1. The molecule has 2 aromatic rings. The van der Waals surface area contributed by atoms with Gasteiger partial charge >= 0.3 is 0 Å². The highest BCUT2D eigenvalue weighted by Gasteiger charge is 2.27. The van der Waals surface area contributed by atoms with E-state index in [4.69, 9.17) is 10.3 Å². The van der Waals surface area contributed by atoms with E-state index in [9.17, 15) is 5.11 Å². The molecule has 1 aromatic heterocycles. The zero-order chi connectivity index (χ0) is 12.5. The van der Waals surface area contributed by atoms with Crippen molar-refractivity contribution in [3.8, 4) is 0 Å². The molecule has 0 saturated carbocycles. The molecular weight excluding hydrogens is 230 g/mol. The second-order valence-corrected chi connectivity index (χ2v) is 4.62. The van der Waals surface area contributed by atoms with Gasteiger partial charge in [-0.15, -0.1) is 0 Å². The summed E-state index contributed by atoms with van der Waals surface area (Å²) in [4.78, 5) is 4.24. The second-order valence-electron chi connectivity index (χ2n) is 4.62. The number of benzene rings is 1. The number of hydrogen-bond acceptors (Lipinski definition) is 5. The molecule has 1 atom stereocenters. The van der Waals surface area contributed by atoms with Gasteiger partial charge in [-0.3, -0.25) is 0 Å². The van der Waals surface area contributed by atoms with Crippen molar-refractivity contribution in [3.63, 3.8) is 0 Å². The molecule has 5 nitrogen and oxygen atoms in total. The zero-order valence-corrected chi connectivity index (χ0v) is 9.91.